The van der Waals surface area contributed by atoms with Crippen LogP contribution in [-0.4, -0.2) is 23.3 Å². The van der Waals surface area contributed by atoms with Crippen LogP contribution in [0.25, 0.3) is 11.4 Å². The van der Waals surface area contributed by atoms with Crippen LogP contribution >= 0.6 is 0 Å². The summed E-state index contributed by atoms with van der Waals surface area (Å²) >= 11 is 0. The van der Waals surface area contributed by atoms with Crippen molar-refractivity contribution >= 4 is 12.0 Å². The number of ether oxygens (including phenoxy) is 1. The van der Waals surface area contributed by atoms with Gasteiger partial charge in [0.05, 0.1) is 13.3 Å². The van der Waals surface area contributed by atoms with E-state index in [1.54, 1.807) is 19.4 Å². The van der Waals surface area contributed by atoms with E-state index in [1.807, 2.05) is 60.7 Å². The van der Waals surface area contributed by atoms with Gasteiger partial charge in [-0.25, -0.2) is 4.98 Å². The first-order valence-corrected chi connectivity index (χ1v) is 7.18. The van der Waals surface area contributed by atoms with Gasteiger partial charge in [0.15, 0.2) is 11.6 Å². The molecule has 0 aliphatic rings. The van der Waals surface area contributed by atoms with Crippen LogP contribution < -0.4 is 10.2 Å². The Morgan fingerprint density at radius 1 is 0.957 bits per heavy atom. The lowest BCUT2D eigenvalue weighted by Crippen LogP contribution is -1.99. The monoisotopic (exact) mass is 304 g/mol. The molecule has 0 spiro atoms. The summed E-state index contributed by atoms with van der Waals surface area (Å²) in [5.41, 5.74) is 4.84. The van der Waals surface area contributed by atoms with Crippen LogP contribution in [-0.2, 0) is 0 Å². The highest BCUT2D eigenvalue weighted by atomic mass is 16.5. The molecule has 0 unspecified atom stereocenters. The number of hydrogen-bond donors (Lipinski definition) is 1. The van der Waals surface area contributed by atoms with Crippen LogP contribution in [0.4, 0.5) is 5.82 Å². The number of hydrogen-bond acceptors (Lipinski definition) is 5. The molecular weight excluding hydrogens is 288 g/mol. The van der Waals surface area contributed by atoms with Crippen molar-refractivity contribution in [2.24, 2.45) is 5.10 Å². The minimum Gasteiger partial charge on any atom is -0.481 e. The summed E-state index contributed by atoms with van der Waals surface area (Å²) in [6.45, 7) is 0. The molecule has 0 amide bonds. The first-order valence-electron chi connectivity index (χ1n) is 7.18. The first-order chi connectivity index (χ1) is 11.3. The van der Waals surface area contributed by atoms with E-state index < -0.39 is 0 Å². The molecule has 114 valence electrons. The Labute approximate surface area is 134 Å². The minimum atomic E-state index is 0.483. The maximum atomic E-state index is 5.24. The SMILES string of the molecule is COc1cc(N/N=C\c2ccccc2)nc(-c2ccccc2)n1. The van der Waals surface area contributed by atoms with E-state index in [4.69, 9.17) is 4.74 Å². The van der Waals surface area contributed by atoms with Crippen molar-refractivity contribution in [1.29, 1.82) is 0 Å². The highest BCUT2D eigenvalue weighted by Gasteiger charge is 2.06. The summed E-state index contributed by atoms with van der Waals surface area (Å²) in [6.07, 6.45) is 1.73. The highest BCUT2D eigenvalue weighted by Crippen LogP contribution is 2.21. The molecule has 2 aromatic carbocycles. The van der Waals surface area contributed by atoms with Gasteiger partial charge in [0.2, 0.25) is 5.88 Å². The third-order valence-electron chi connectivity index (χ3n) is 3.14. The van der Waals surface area contributed by atoms with Crippen molar-refractivity contribution in [2.75, 3.05) is 12.5 Å². The zero-order chi connectivity index (χ0) is 15.9. The third kappa shape index (κ3) is 3.91. The molecule has 3 aromatic rings. The van der Waals surface area contributed by atoms with Gasteiger partial charge in [-0.2, -0.15) is 10.1 Å². The molecule has 1 aromatic heterocycles. The van der Waals surface area contributed by atoms with E-state index in [0.717, 1.165) is 11.1 Å². The summed E-state index contributed by atoms with van der Waals surface area (Å²) in [4.78, 5) is 8.83. The Balaban J connectivity index is 1.83. The quantitative estimate of drug-likeness (QED) is 0.578. The fourth-order valence-corrected chi connectivity index (χ4v) is 2.02. The van der Waals surface area contributed by atoms with Crippen molar-refractivity contribution in [3.63, 3.8) is 0 Å². The molecular formula is C18H16N4O. The number of hydrazone groups is 1. The van der Waals surface area contributed by atoms with Crippen LogP contribution in [0, 0.1) is 0 Å². The normalized spacial score (nSPS) is 10.7. The summed E-state index contributed by atoms with van der Waals surface area (Å²) in [5.74, 6) is 1.64. The maximum Gasteiger partial charge on any atom is 0.218 e. The standard InChI is InChI=1S/C18H16N4O/c1-23-17-12-16(22-19-13-14-8-4-2-5-9-14)20-18(21-17)15-10-6-3-7-11-15/h2-13H,1H3,(H,20,21,22)/b19-13-. The Bertz CT molecular complexity index is 789. The Kier molecular flexibility index (Phi) is 4.59. The molecule has 0 bridgehead atoms. The molecule has 0 fully saturated rings. The molecule has 1 N–H and O–H groups in total. The second-order valence-corrected chi connectivity index (χ2v) is 4.77. The molecule has 0 radical (unpaired) electrons. The summed E-state index contributed by atoms with van der Waals surface area (Å²) in [6, 6.07) is 21.3. The predicted molar refractivity (Wildman–Crippen MR) is 91.7 cm³/mol. The second-order valence-electron chi connectivity index (χ2n) is 4.77. The lowest BCUT2D eigenvalue weighted by Gasteiger charge is -2.06. The van der Waals surface area contributed by atoms with Gasteiger partial charge in [-0.05, 0) is 5.56 Å². The first kappa shape index (κ1) is 14.7. The number of benzene rings is 2. The second kappa shape index (κ2) is 7.17. The van der Waals surface area contributed by atoms with Gasteiger partial charge in [-0.1, -0.05) is 60.7 Å². The number of anilines is 1. The van der Waals surface area contributed by atoms with Crippen molar-refractivity contribution in [1.82, 2.24) is 9.97 Å². The molecule has 5 nitrogen and oxygen atoms in total. The average molecular weight is 304 g/mol. The van der Waals surface area contributed by atoms with E-state index in [2.05, 4.69) is 20.5 Å². The molecule has 0 atom stereocenters. The molecule has 0 saturated heterocycles. The van der Waals surface area contributed by atoms with E-state index in [-0.39, 0.29) is 0 Å². The van der Waals surface area contributed by atoms with Crippen LogP contribution in [0.15, 0.2) is 71.8 Å². The summed E-state index contributed by atoms with van der Waals surface area (Å²) < 4.78 is 5.24. The highest BCUT2D eigenvalue weighted by molar-refractivity contribution is 5.79. The van der Waals surface area contributed by atoms with E-state index in [9.17, 15) is 0 Å². The van der Waals surface area contributed by atoms with Crippen molar-refractivity contribution in [3.05, 3.63) is 72.3 Å². The molecule has 0 saturated carbocycles. The van der Waals surface area contributed by atoms with E-state index in [0.29, 0.717) is 17.5 Å². The zero-order valence-corrected chi connectivity index (χ0v) is 12.7. The Morgan fingerprint density at radius 3 is 2.35 bits per heavy atom. The number of methoxy groups -OCH3 is 1. The third-order valence-corrected chi connectivity index (χ3v) is 3.14. The fraction of sp³-hybridized carbons (Fsp3) is 0.0556. The van der Waals surface area contributed by atoms with Crippen molar-refractivity contribution in [3.8, 4) is 17.3 Å². The van der Waals surface area contributed by atoms with Crippen LogP contribution in [0.5, 0.6) is 5.88 Å². The topological polar surface area (TPSA) is 59.4 Å². The molecule has 0 aliphatic carbocycles. The van der Waals surface area contributed by atoms with E-state index >= 15 is 0 Å². The van der Waals surface area contributed by atoms with Crippen molar-refractivity contribution < 1.29 is 4.74 Å². The lowest BCUT2D eigenvalue weighted by molar-refractivity contribution is 0.398. The Hall–Kier alpha value is -3.21. The van der Waals surface area contributed by atoms with Crippen molar-refractivity contribution in [2.45, 2.75) is 0 Å². The number of aromatic nitrogens is 2. The Morgan fingerprint density at radius 2 is 1.65 bits per heavy atom. The number of nitrogens with zero attached hydrogens (tertiary/aromatic N) is 3. The zero-order valence-electron chi connectivity index (χ0n) is 12.7. The van der Waals surface area contributed by atoms with Crippen LogP contribution in [0.1, 0.15) is 5.56 Å². The van der Waals surface area contributed by atoms with Gasteiger partial charge in [0.25, 0.3) is 0 Å². The van der Waals surface area contributed by atoms with E-state index in [1.165, 1.54) is 0 Å². The number of nitrogens with one attached hydrogen (secondary N) is 1. The smallest absolute Gasteiger partial charge is 0.218 e. The largest absolute Gasteiger partial charge is 0.481 e. The molecule has 23 heavy (non-hydrogen) atoms. The van der Waals surface area contributed by atoms with Gasteiger partial charge in [-0.15, -0.1) is 0 Å². The molecule has 5 heteroatoms. The predicted octanol–water partition coefficient (Wildman–Crippen LogP) is 3.60. The molecule has 3 rings (SSSR count). The van der Waals surface area contributed by atoms with Gasteiger partial charge in [0, 0.05) is 11.6 Å². The van der Waals surface area contributed by atoms with Crippen LogP contribution in [0.2, 0.25) is 0 Å². The van der Waals surface area contributed by atoms with Crippen LogP contribution in [0.3, 0.4) is 0 Å². The summed E-state index contributed by atoms with van der Waals surface area (Å²) in [5, 5.41) is 4.20. The van der Waals surface area contributed by atoms with Gasteiger partial charge >= 0.3 is 0 Å². The lowest BCUT2D eigenvalue weighted by atomic mass is 10.2. The molecule has 1 heterocycles. The minimum absolute atomic E-state index is 0.483. The molecule has 0 aliphatic heterocycles. The average Bonchev–Trinajstić information content (AvgIpc) is 2.63. The van der Waals surface area contributed by atoms with Gasteiger partial charge in [0.1, 0.15) is 0 Å². The van der Waals surface area contributed by atoms with Gasteiger partial charge < -0.3 is 4.74 Å². The fourth-order valence-electron chi connectivity index (χ4n) is 2.02. The maximum absolute atomic E-state index is 5.24. The van der Waals surface area contributed by atoms with Gasteiger partial charge in [-0.3, -0.25) is 5.43 Å². The summed E-state index contributed by atoms with van der Waals surface area (Å²) in [7, 11) is 1.58. The number of rotatable bonds is 5.